The van der Waals surface area contributed by atoms with Gasteiger partial charge in [-0.05, 0) is 12.1 Å². The van der Waals surface area contributed by atoms with E-state index in [1.54, 1.807) is 37.5 Å². The molecule has 3 unspecified atom stereocenters. The van der Waals surface area contributed by atoms with Crippen LogP contribution in [0.2, 0.25) is 0 Å². The number of allylic oxidation sites excluding steroid dienone is 1. The largest absolute Gasteiger partial charge is 0.494 e. The normalized spacial score (nSPS) is 22.4. The highest BCUT2D eigenvalue weighted by atomic mass is 32.2. The maximum absolute atomic E-state index is 13.5. The van der Waals surface area contributed by atoms with E-state index in [4.69, 9.17) is 18.9 Å². The molecule has 0 saturated carbocycles. The lowest BCUT2D eigenvalue weighted by Crippen LogP contribution is -2.50. The molecule has 10 nitrogen and oxygen atoms in total. The average molecular weight is 477 g/mol. The number of nitrogens with zero attached hydrogens (tertiary/aromatic N) is 2. The van der Waals surface area contributed by atoms with Crippen LogP contribution in [0.25, 0.3) is 5.76 Å². The summed E-state index contributed by atoms with van der Waals surface area (Å²) in [6.07, 6.45) is 4.01. The van der Waals surface area contributed by atoms with Crippen LogP contribution in [0.1, 0.15) is 31.4 Å². The van der Waals surface area contributed by atoms with Crippen molar-refractivity contribution in [2.45, 2.75) is 36.9 Å². The predicted molar refractivity (Wildman–Crippen MR) is 118 cm³/mol. The number of ether oxygens (including phenoxy) is 4. The number of carbonyl (C=O) groups excluding carboxylic acids is 3. The third kappa shape index (κ3) is 4.33. The van der Waals surface area contributed by atoms with Crippen molar-refractivity contribution in [2.24, 2.45) is 4.99 Å². The summed E-state index contributed by atoms with van der Waals surface area (Å²) >= 11 is 0. The average Bonchev–Trinajstić information content (AvgIpc) is 2.84. The topological polar surface area (TPSA) is 121 Å². The van der Waals surface area contributed by atoms with Gasteiger partial charge < -0.3 is 18.9 Å². The minimum Gasteiger partial charge on any atom is -0.494 e. The lowest BCUT2D eigenvalue weighted by molar-refractivity contribution is -0.178. The zero-order valence-electron chi connectivity index (χ0n) is 18.6. The highest BCUT2D eigenvalue weighted by molar-refractivity contribution is 7.82. The van der Waals surface area contributed by atoms with Crippen LogP contribution in [-0.2, 0) is 49.9 Å². The van der Waals surface area contributed by atoms with Gasteiger partial charge in [-0.15, -0.1) is 0 Å². The van der Waals surface area contributed by atoms with Gasteiger partial charge in [0.15, 0.2) is 34.9 Å². The van der Waals surface area contributed by atoms with Gasteiger partial charge in [-0.25, -0.2) is 4.21 Å². The second kappa shape index (κ2) is 10.1. The molecule has 0 saturated heterocycles. The van der Waals surface area contributed by atoms with Gasteiger partial charge in [-0.3, -0.25) is 23.7 Å². The molecule has 0 N–H and O–H groups in total. The predicted octanol–water partition coefficient (Wildman–Crippen LogP) is 1.82. The number of rotatable bonds is 8. The van der Waals surface area contributed by atoms with E-state index in [1.165, 1.54) is 24.6 Å². The van der Waals surface area contributed by atoms with E-state index in [0.29, 0.717) is 6.29 Å². The van der Waals surface area contributed by atoms with Crippen LogP contribution in [0.15, 0.2) is 46.1 Å². The fourth-order valence-corrected chi connectivity index (χ4v) is 4.86. The molecule has 33 heavy (non-hydrogen) atoms. The van der Waals surface area contributed by atoms with Crippen LogP contribution >= 0.6 is 0 Å². The third-order valence-electron chi connectivity index (χ3n) is 5.04. The number of benzene rings is 1. The molecule has 0 radical (unpaired) electrons. The molecule has 0 spiro atoms. The summed E-state index contributed by atoms with van der Waals surface area (Å²) in [7, 11) is 0.782. The van der Waals surface area contributed by atoms with Crippen molar-refractivity contribution in [1.29, 1.82) is 0 Å². The number of aldehydes is 1. The maximum atomic E-state index is 13.5. The molecule has 3 rings (SSSR count). The molecule has 3 atom stereocenters. The van der Waals surface area contributed by atoms with Crippen molar-refractivity contribution in [3.8, 4) is 0 Å². The third-order valence-corrected chi connectivity index (χ3v) is 6.42. The number of fused-ring (bicyclic) bond motifs is 1. The second-order valence-corrected chi connectivity index (χ2v) is 8.41. The van der Waals surface area contributed by atoms with Crippen LogP contribution in [0.4, 0.5) is 0 Å². The lowest BCUT2D eigenvalue weighted by atomic mass is 9.79. The summed E-state index contributed by atoms with van der Waals surface area (Å²) in [5.41, 5.74) is -1.69. The van der Waals surface area contributed by atoms with E-state index in [9.17, 15) is 18.6 Å². The second-order valence-electron chi connectivity index (χ2n) is 7.01. The first-order valence-electron chi connectivity index (χ1n) is 10.0. The molecule has 1 aliphatic heterocycles. The van der Waals surface area contributed by atoms with Gasteiger partial charge in [-0.1, -0.05) is 19.1 Å². The minimum atomic E-state index is -1.97. The Labute approximate surface area is 193 Å². The van der Waals surface area contributed by atoms with Crippen LogP contribution in [0.3, 0.4) is 0 Å². The quantitative estimate of drug-likeness (QED) is 0.412. The van der Waals surface area contributed by atoms with E-state index in [0.717, 1.165) is 6.92 Å². The Morgan fingerprint density at radius 1 is 1.33 bits per heavy atom. The lowest BCUT2D eigenvalue weighted by Gasteiger charge is -2.40. The monoisotopic (exact) mass is 476 g/mol. The van der Waals surface area contributed by atoms with E-state index in [2.05, 4.69) is 4.99 Å². The number of aliphatic imine (C=N–C) groups is 1. The van der Waals surface area contributed by atoms with Crippen molar-refractivity contribution in [3.63, 3.8) is 0 Å². The fourth-order valence-electron chi connectivity index (χ4n) is 3.68. The number of esters is 2. The number of hydrogen-bond acceptors (Lipinski definition) is 9. The summed E-state index contributed by atoms with van der Waals surface area (Å²) in [5.74, 6) is -1.46. The molecule has 0 bridgehead atoms. The first-order chi connectivity index (χ1) is 15.8. The molecular weight excluding hydrogens is 452 g/mol. The van der Waals surface area contributed by atoms with E-state index in [1.807, 2.05) is 0 Å². The number of carbonyl (C=O) groups is 3. The standard InChI is InChI=1S/C22H24N2O8S/c1-5-17(27)31-19-18-15(8-6-9-16(18)33(28)24-11-7-10-23-13-24)22(12-25,32-14(2)26)21(30-4)20(19)29-3/h6-12,21H,5,13H2,1-4H3. The Balaban J connectivity index is 2.36. The summed E-state index contributed by atoms with van der Waals surface area (Å²) in [6, 6.07) is 4.65. The highest BCUT2D eigenvalue weighted by Crippen LogP contribution is 2.47. The van der Waals surface area contributed by atoms with Crippen molar-refractivity contribution >= 4 is 41.2 Å². The Morgan fingerprint density at radius 2 is 2.09 bits per heavy atom. The molecule has 2 aliphatic rings. The van der Waals surface area contributed by atoms with Gasteiger partial charge in [0.2, 0.25) is 5.60 Å². The van der Waals surface area contributed by atoms with Crippen LogP contribution in [-0.4, -0.2) is 59.9 Å². The zero-order chi connectivity index (χ0) is 24.2. The first-order valence-corrected chi connectivity index (χ1v) is 11.1. The van der Waals surface area contributed by atoms with Crippen LogP contribution in [0, 0.1) is 0 Å². The summed E-state index contributed by atoms with van der Waals surface area (Å²) < 4.78 is 37.1. The summed E-state index contributed by atoms with van der Waals surface area (Å²) in [5, 5.41) is 0. The maximum Gasteiger partial charge on any atom is 0.311 e. The molecule has 1 aromatic rings. The van der Waals surface area contributed by atoms with Crippen molar-refractivity contribution in [2.75, 3.05) is 20.9 Å². The van der Waals surface area contributed by atoms with Crippen LogP contribution in [0.5, 0.6) is 0 Å². The van der Waals surface area contributed by atoms with Gasteiger partial charge >= 0.3 is 11.9 Å². The van der Waals surface area contributed by atoms with Gasteiger partial charge in [0.1, 0.15) is 6.67 Å². The Hall–Kier alpha value is -3.31. The van der Waals surface area contributed by atoms with Crippen molar-refractivity contribution < 1.29 is 37.5 Å². The summed E-state index contributed by atoms with van der Waals surface area (Å²) in [4.78, 5) is 41.2. The Morgan fingerprint density at radius 3 is 2.64 bits per heavy atom. The molecule has 1 heterocycles. The van der Waals surface area contributed by atoms with E-state index >= 15 is 0 Å². The van der Waals surface area contributed by atoms with Crippen molar-refractivity contribution in [3.05, 3.63) is 47.4 Å². The van der Waals surface area contributed by atoms with Gasteiger partial charge in [-0.2, -0.15) is 0 Å². The van der Waals surface area contributed by atoms with Gasteiger partial charge in [0, 0.05) is 44.0 Å². The Bertz CT molecular complexity index is 1080. The molecule has 0 fully saturated rings. The fraction of sp³-hybridized carbons (Fsp3) is 0.364. The molecule has 1 aromatic carbocycles. The Kier molecular flexibility index (Phi) is 7.44. The minimum absolute atomic E-state index is 0.0467. The van der Waals surface area contributed by atoms with E-state index < -0.39 is 34.6 Å². The van der Waals surface area contributed by atoms with Gasteiger partial charge in [0.05, 0.1) is 12.0 Å². The van der Waals surface area contributed by atoms with Crippen LogP contribution < -0.4 is 0 Å². The number of methoxy groups -OCH3 is 2. The molecule has 1 aliphatic carbocycles. The molecular formula is C22H24N2O8S. The first kappa shape index (κ1) is 24.3. The SMILES string of the molecule is CCC(=O)OC1=C(OC)C(OC)C(C=O)(OC(C)=O)c2cccc(S(=O)N3C=CC=NC3)c21. The van der Waals surface area contributed by atoms with Crippen molar-refractivity contribution in [1.82, 2.24) is 4.31 Å². The van der Waals surface area contributed by atoms with Gasteiger partial charge in [0.25, 0.3) is 0 Å². The molecule has 0 amide bonds. The van der Waals surface area contributed by atoms with E-state index in [-0.39, 0.29) is 40.6 Å². The smallest absolute Gasteiger partial charge is 0.311 e. The number of hydrogen-bond donors (Lipinski definition) is 0. The molecule has 0 aromatic heterocycles. The molecule has 11 heteroatoms. The molecule has 176 valence electrons. The zero-order valence-corrected chi connectivity index (χ0v) is 19.4. The summed E-state index contributed by atoms with van der Waals surface area (Å²) in [6.45, 7) is 2.89. The highest BCUT2D eigenvalue weighted by Gasteiger charge is 2.54.